The summed E-state index contributed by atoms with van der Waals surface area (Å²) in [5, 5.41) is 5.32. The van der Waals surface area contributed by atoms with Gasteiger partial charge >= 0.3 is 6.09 Å². The van der Waals surface area contributed by atoms with E-state index in [-0.39, 0.29) is 17.6 Å². The van der Waals surface area contributed by atoms with Gasteiger partial charge in [0.15, 0.2) is 11.5 Å². The van der Waals surface area contributed by atoms with Crippen molar-refractivity contribution in [2.75, 3.05) is 18.1 Å². The lowest BCUT2D eigenvalue weighted by Gasteiger charge is -2.36. The fraction of sp³-hybridized carbons (Fsp3) is 0.478. The molecule has 1 aliphatic carbocycles. The molecular formula is C23H31N5O3. The maximum Gasteiger partial charge on any atom is 0.411 e. The lowest BCUT2D eigenvalue weighted by molar-refractivity contribution is 0.0126. The molecule has 31 heavy (non-hydrogen) atoms. The van der Waals surface area contributed by atoms with Crippen molar-refractivity contribution < 1.29 is 14.3 Å². The Balaban J connectivity index is 1.73. The van der Waals surface area contributed by atoms with E-state index in [1.807, 2.05) is 6.07 Å². The Morgan fingerprint density at radius 3 is 2.74 bits per heavy atom. The minimum Gasteiger partial charge on any atom is -0.446 e. The molecule has 8 nitrogen and oxygen atoms in total. The number of hydrogen-bond acceptors (Lipinski definition) is 6. The van der Waals surface area contributed by atoms with E-state index in [2.05, 4.69) is 41.4 Å². The molecule has 0 spiro atoms. The molecule has 0 aliphatic heterocycles. The number of ether oxygens (including phenoxy) is 1. The van der Waals surface area contributed by atoms with Gasteiger partial charge in [0, 0.05) is 18.3 Å². The number of aromatic nitrogens is 2. The van der Waals surface area contributed by atoms with Crippen molar-refractivity contribution in [3.63, 3.8) is 0 Å². The van der Waals surface area contributed by atoms with Crippen LogP contribution in [-0.4, -0.2) is 35.1 Å². The maximum absolute atomic E-state index is 12.6. The van der Waals surface area contributed by atoms with Gasteiger partial charge in [-0.15, -0.1) is 0 Å². The molecule has 1 saturated carbocycles. The van der Waals surface area contributed by atoms with Crippen molar-refractivity contribution in [1.82, 2.24) is 15.3 Å². The number of amides is 2. The van der Waals surface area contributed by atoms with Crippen LogP contribution in [0, 0.1) is 17.8 Å². The maximum atomic E-state index is 12.6. The summed E-state index contributed by atoms with van der Waals surface area (Å²) >= 11 is 0. The van der Waals surface area contributed by atoms with E-state index in [0.29, 0.717) is 34.7 Å². The van der Waals surface area contributed by atoms with Crippen LogP contribution in [0.15, 0.2) is 30.5 Å². The lowest BCUT2D eigenvalue weighted by Crippen LogP contribution is -2.36. The van der Waals surface area contributed by atoms with Crippen molar-refractivity contribution >= 4 is 23.5 Å². The third kappa shape index (κ3) is 5.51. The first-order valence-corrected chi connectivity index (χ1v) is 10.7. The number of nitrogens with two attached hydrogens (primary N) is 1. The molecule has 0 radical (unpaired) electrons. The van der Waals surface area contributed by atoms with Gasteiger partial charge in [-0.3, -0.25) is 10.1 Å². The molecule has 1 aromatic carbocycles. The standard InChI is InChI=1S/C23H31N5O3/c1-13(2)17-9-8-14(3)10-19(17)31-23(30)27-16-7-5-6-15(11-16)18-12-26-21(24)20(28-18)22(29)25-4/h5-7,11-14,17,19H,8-10H2,1-4H3,(H2,24,26)(H,25,29)(H,27,30). The molecule has 0 bridgehead atoms. The highest BCUT2D eigenvalue weighted by molar-refractivity contribution is 5.96. The SMILES string of the molecule is CNC(=O)c1nc(-c2cccc(NC(=O)OC3CC(C)CCC3C(C)C)c2)cnc1N. The van der Waals surface area contributed by atoms with Gasteiger partial charge in [-0.2, -0.15) is 0 Å². The molecular weight excluding hydrogens is 394 g/mol. The fourth-order valence-corrected chi connectivity index (χ4v) is 4.11. The van der Waals surface area contributed by atoms with E-state index in [9.17, 15) is 9.59 Å². The highest BCUT2D eigenvalue weighted by atomic mass is 16.6. The van der Waals surface area contributed by atoms with Gasteiger partial charge in [-0.05, 0) is 42.7 Å². The summed E-state index contributed by atoms with van der Waals surface area (Å²) in [4.78, 5) is 32.9. The van der Waals surface area contributed by atoms with Crippen LogP contribution in [0.3, 0.4) is 0 Å². The number of hydrogen-bond donors (Lipinski definition) is 3. The summed E-state index contributed by atoms with van der Waals surface area (Å²) in [7, 11) is 1.50. The summed E-state index contributed by atoms with van der Waals surface area (Å²) in [6, 6.07) is 7.15. The van der Waals surface area contributed by atoms with Crippen molar-refractivity contribution in [1.29, 1.82) is 0 Å². The normalized spacial score (nSPS) is 20.9. The van der Waals surface area contributed by atoms with Crippen LogP contribution in [0.4, 0.5) is 16.3 Å². The van der Waals surface area contributed by atoms with Gasteiger partial charge in [-0.1, -0.05) is 39.3 Å². The molecule has 166 valence electrons. The van der Waals surface area contributed by atoms with Gasteiger partial charge in [0.05, 0.1) is 11.9 Å². The molecule has 1 aromatic heterocycles. The Hall–Kier alpha value is -3.16. The van der Waals surface area contributed by atoms with Crippen molar-refractivity contribution in [3.8, 4) is 11.3 Å². The highest BCUT2D eigenvalue weighted by Crippen LogP contribution is 2.35. The van der Waals surface area contributed by atoms with Gasteiger partial charge in [0.2, 0.25) is 0 Å². The topological polar surface area (TPSA) is 119 Å². The predicted octanol–water partition coefficient (Wildman–Crippen LogP) is 4.09. The van der Waals surface area contributed by atoms with Gasteiger partial charge in [0.1, 0.15) is 6.10 Å². The summed E-state index contributed by atoms with van der Waals surface area (Å²) in [5.74, 6) is 1.04. The zero-order valence-electron chi connectivity index (χ0n) is 18.5. The van der Waals surface area contributed by atoms with Crippen LogP contribution in [0.2, 0.25) is 0 Å². The number of nitrogen functional groups attached to an aromatic ring is 1. The molecule has 3 rings (SSSR count). The van der Waals surface area contributed by atoms with Crippen LogP contribution >= 0.6 is 0 Å². The van der Waals surface area contributed by atoms with Gasteiger partial charge in [-0.25, -0.2) is 14.8 Å². The third-order valence-corrected chi connectivity index (χ3v) is 5.87. The minimum absolute atomic E-state index is 0.0578. The quantitative estimate of drug-likeness (QED) is 0.664. The first-order valence-electron chi connectivity index (χ1n) is 10.7. The second-order valence-electron chi connectivity index (χ2n) is 8.54. The van der Waals surface area contributed by atoms with Crippen molar-refractivity contribution in [2.45, 2.75) is 46.1 Å². The fourth-order valence-electron chi connectivity index (χ4n) is 4.11. The molecule has 1 aliphatic rings. The molecule has 4 N–H and O–H groups in total. The van der Waals surface area contributed by atoms with E-state index in [4.69, 9.17) is 10.5 Å². The smallest absolute Gasteiger partial charge is 0.411 e. The summed E-state index contributed by atoms with van der Waals surface area (Å²) < 4.78 is 5.82. The van der Waals surface area contributed by atoms with E-state index >= 15 is 0 Å². The minimum atomic E-state index is -0.462. The largest absolute Gasteiger partial charge is 0.446 e. The molecule has 3 unspecified atom stereocenters. The molecule has 2 aromatic rings. The number of carbonyl (C=O) groups is 2. The Kier molecular flexibility index (Phi) is 7.09. The lowest BCUT2D eigenvalue weighted by atomic mass is 9.75. The van der Waals surface area contributed by atoms with E-state index < -0.39 is 12.0 Å². The third-order valence-electron chi connectivity index (χ3n) is 5.87. The second kappa shape index (κ2) is 9.76. The Morgan fingerprint density at radius 1 is 1.26 bits per heavy atom. The number of nitrogens with zero attached hydrogens (tertiary/aromatic N) is 2. The van der Waals surface area contributed by atoms with E-state index in [0.717, 1.165) is 12.8 Å². The molecule has 1 heterocycles. The average Bonchev–Trinajstić information content (AvgIpc) is 2.73. The zero-order chi connectivity index (χ0) is 22.5. The van der Waals surface area contributed by atoms with Crippen LogP contribution in [0.5, 0.6) is 0 Å². The van der Waals surface area contributed by atoms with Crippen LogP contribution in [-0.2, 0) is 4.74 Å². The first kappa shape index (κ1) is 22.5. The number of benzene rings is 1. The van der Waals surface area contributed by atoms with Crippen molar-refractivity contribution in [2.24, 2.45) is 17.8 Å². The van der Waals surface area contributed by atoms with Crippen LogP contribution < -0.4 is 16.4 Å². The highest BCUT2D eigenvalue weighted by Gasteiger charge is 2.33. The average molecular weight is 426 g/mol. The van der Waals surface area contributed by atoms with E-state index in [1.54, 1.807) is 18.2 Å². The molecule has 8 heteroatoms. The van der Waals surface area contributed by atoms with Gasteiger partial charge < -0.3 is 15.8 Å². The summed E-state index contributed by atoms with van der Waals surface area (Å²) in [6.07, 6.45) is 4.10. The first-order chi connectivity index (χ1) is 14.8. The zero-order valence-corrected chi connectivity index (χ0v) is 18.5. The van der Waals surface area contributed by atoms with Crippen LogP contribution in [0.1, 0.15) is 50.5 Å². The Morgan fingerprint density at radius 2 is 2.03 bits per heavy atom. The molecule has 0 saturated heterocycles. The summed E-state index contributed by atoms with van der Waals surface area (Å²) in [6.45, 7) is 6.56. The number of rotatable bonds is 5. The van der Waals surface area contributed by atoms with Crippen molar-refractivity contribution in [3.05, 3.63) is 36.2 Å². The number of anilines is 2. The van der Waals surface area contributed by atoms with Gasteiger partial charge in [0.25, 0.3) is 5.91 Å². The molecule has 1 fully saturated rings. The Bertz CT molecular complexity index is 947. The molecule has 2 amide bonds. The van der Waals surface area contributed by atoms with Crippen LogP contribution in [0.25, 0.3) is 11.3 Å². The van der Waals surface area contributed by atoms with E-state index in [1.165, 1.54) is 19.7 Å². The molecule has 3 atom stereocenters. The monoisotopic (exact) mass is 425 g/mol. The second-order valence-corrected chi connectivity index (χ2v) is 8.54. The predicted molar refractivity (Wildman–Crippen MR) is 121 cm³/mol. The number of carbonyl (C=O) groups excluding carboxylic acids is 2. The summed E-state index contributed by atoms with van der Waals surface area (Å²) in [5.41, 5.74) is 7.57. The number of nitrogens with one attached hydrogen (secondary N) is 2. The Labute approximate surface area is 183 Å².